The minimum Gasteiger partial charge on any atom is -0.459 e. The highest BCUT2D eigenvalue weighted by Gasteiger charge is 2.56. The van der Waals surface area contributed by atoms with Crippen LogP contribution in [0.25, 0.3) is 6.08 Å². The van der Waals surface area contributed by atoms with Gasteiger partial charge in [0, 0.05) is 11.5 Å². The number of fused-ring (bicyclic) bond motifs is 1. The average molecular weight is 378 g/mol. The van der Waals surface area contributed by atoms with Crippen LogP contribution in [-0.2, 0) is 19.1 Å². The topological polar surface area (TPSA) is 60.4 Å². The fourth-order valence-electron chi connectivity index (χ4n) is 4.69. The van der Waals surface area contributed by atoms with Gasteiger partial charge in [-0.3, -0.25) is 4.79 Å². The lowest BCUT2D eigenvalue weighted by Crippen LogP contribution is -2.54. The summed E-state index contributed by atoms with van der Waals surface area (Å²) in [5.74, 6) is -0.886. The van der Waals surface area contributed by atoms with Gasteiger partial charge >= 0.3 is 5.97 Å². The summed E-state index contributed by atoms with van der Waals surface area (Å²) in [6.07, 6.45) is 7.27. The number of esters is 1. The number of allylic oxidation sites excluding steroid dienone is 3. The second-order valence-electron chi connectivity index (χ2n) is 7.97. The van der Waals surface area contributed by atoms with Gasteiger partial charge in [-0.25, -0.2) is 4.79 Å². The van der Waals surface area contributed by atoms with Crippen LogP contribution in [0.4, 0.5) is 0 Å². The molecule has 3 rings (SSSR count). The number of hydrogen-bond acceptors (Lipinski definition) is 4. The minimum atomic E-state index is -0.674. The Morgan fingerprint density at radius 3 is 2.61 bits per heavy atom. The van der Waals surface area contributed by atoms with Crippen LogP contribution < -0.4 is 0 Å². The van der Waals surface area contributed by atoms with Crippen molar-refractivity contribution in [2.24, 2.45) is 23.2 Å². The van der Waals surface area contributed by atoms with E-state index in [1.165, 1.54) is 6.08 Å². The van der Waals surface area contributed by atoms with Gasteiger partial charge in [0.1, 0.15) is 18.7 Å². The van der Waals surface area contributed by atoms with Crippen molar-refractivity contribution in [3.8, 4) is 0 Å². The summed E-state index contributed by atoms with van der Waals surface area (Å²) in [6, 6.07) is 9.51. The van der Waals surface area contributed by atoms with Crippen molar-refractivity contribution in [3.05, 3.63) is 65.8 Å². The van der Waals surface area contributed by atoms with Crippen molar-refractivity contribution in [1.82, 2.24) is 0 Å². The zero-order chi connectivity index (χ0) is 20.3. The quantitative estimate of drug-likeness (QED) is 0.334. The van der Waals surface area contributed by atoms with Crippen LogP contribution in [0.15, 0.2) is 60.2 Å². The molecule has 2 aliphatic carbocycles. The van der Waals surface area contributed by atoms with Crippen LogP contribution in [0.1, 0.15) is 32.3 Å². The number of carbonyl (C=O) groups is 3. The maximum absolute atomic E-state index is 12.5. The van der Waals surface area contributed by atoms with Crippen molar-refractivity contribution in [2.45, 2.75) is 32.8 Å². The van der Waals surface area contributed by atoms with Gasteiger partial charge in [-0.15, -0.1) is 0 Å². The number of carbonyl (C=O) groups excluding carboxylic acids is 3. The number of hydrogen-bond donors (Lipinski definition) is 0. The third kappa shape index (κ3) is 3.51. The molecule has 0 saturated heterocycles. The summed E-state index contributed by atoms with van der Waals surface area (Å²) in [5.41, 5.74) is 1.76. The summed E-state index contributed by atoms with van der Waals surface area (Å²) in [7, 11) is 0. The monoisotopic (exact) mass is 378 g/mol. The van der Waals surface area contributed by atoms with Crippen molar-refractivity contribution in [3.63, 3.8) is 0 Å². The van der Waals surface area contributed by atoms with E-state index in [0.29, 0.717) is 18.4 Å². The molecule has 0 N–H and O–H groups in total. The molecule has 28 heavy (non-hydrogen) atoms. The smallest absolute Gasteiger partial charge is 0.331 e. The molecule has 4 nitrogen and oxygen atoms in total. The van der Waals surface area contributed by atoms with Crippen LogP contribution in [0.5, 0.6) is 0 Å². The number of ether oxygens (including phenoxy) is 1. The second-order valence-corrected chi connectivity index (χ2v) is 7.97. The van der Waals surface area contributed by atoms with E-state index in [2.05, 4.69) is 13.5 Å². The molecule has 0 spiro atoms. The van der Waals surface area contributed by atoms with E-state index in [1.54, 1.807) is 6.08 Å². The molecule has 1 saturated carbocycles. The van der Waals surface area contributed by atoms with Gasteiger partial charge in [0.25, 0.3) is 0 Å². The van der Waals surface area contributed by atoms with Gasteiger partial charge in [-0.1, -0.05) is 62.4 Å². The standard InChI is InChI=1S/C24H26O4/c1-16-13-22(28-23(27)12-9-18-7-5-4-6-8-18)24(3)20(17(16)2)11-10-19(14-25)21(24)15-26/h4-10,12,14-16,20-22H,2,11,13H2,1,3H3/b12-9+/t16-,20-,21-,22+,24-/m0/s1. The Bertz CT molecular complexity index is 835. The van der Waals surface area contributed by atoms with Crippen LogP contribution in [0, 0.1) is 23.2 Å². The molecule has 1 fully saturated rings. The molecule has 0 bridgehead atoms. The highest BCUT2D eigenvalue weighted by molar-refractivity contribution is 5.87. The van der Waals surface area contributed by atoms with Crippen molar-refractivity contribution in [2.75, 3.05) is 0 Å². The average Bonchev–Trinajstić information content (AvgIpc) is 2.70. The van der Waals surface area contributed by atoms with Gasteiger partial charge in [0.05, 0.1) is 5.92 Å². The maximum Gasteiger partial charge on any atom is 0.331 e. The van der Waals surface area contributed by atoms with Crippen molar-refractivity contribution >= 4 is 24.6 Å². The number of benzene rings is 1. The predicted molar refractivity (Wildman–Crippen MR) is 108 cm³/mol. The SMILES string of the molecule is C=C1[C@@H](C)C[C@@H](OC(=O)/C=C/c2ccccc2)[C@]2(C)[C@@H](C=O)C(C=O)=CC[C@@H]12. The first-order valence-corrected chi connectivity index (χ1v) is 9.64. The van der Waals surface area contributed by atoms with Gasteiger partial charge in [0.15, 0.2) is 0 Å². The Hall–Kier alpha value is -2.75. The van der Waals surface area contributed by atoms with Gasteiger partial charge in [-0.05, 0) is 41.9 Å². The van der Waals surface area contributed by atoms with E-state index in [4.69, 9.17) is 4.74 Å². The molecule has 1 aromatic carbocycles. The van der Waals surface area contributed by atoms with Crippen LogP contribution >= 0.6 is 0 Å². The van der Waals surface area contributed by atoms with Crippen LogP contribution in [-0.4, -0.2) is 24.6 Å². The molecule has 5 atom stereocenters. The highest BCUT2D eigenvalue weighted by atomic mass is 16.5. The first-order valence-electron chi connectivity index (χ1n) is 9.64. The molecule has 0 aliphatic heterocycles. The molecule has 0 heterocycles. The number of aldehydes is 2. The van der Waals surface area contributed by atoms with E-state index < -0.39 is 23.4 Å². The summed E-state index contributed by atoms with van der Waals surface area (Å²) < 4.78 is 5.86. The second kappa shape index (κ2) is 8.09. The van der Waals surface area contributed by atoms with Gasteiger partial charge in [0.2, 0.25) is 0 Å². The molecular formula is C24H26O4. The van der Waals surface area contributed by atoms with E-state index in [0.717, 1.165) is 23.7 Å². The summed E-state index contributed by atoms with van der Waals surface area (Å²) in [6.45, 7) is 8.26. The largest absolute Gasteiger partial charge is 0.459 e. The van der Waals surface area contributed by atoms with E-state index in [-0.39, 0.29) is 11.8 Å². The number of rotatable bonds is 5. The van der Waals surface area contributed by atoms with Crippen LogP contribution in [0.3, 0.4) is 0 Å². The van der Waals surface area contributed by atoms with E-state index >= 15 is 0 Å². The highest BCUT2D eigenvalue weighted by Crippen LogP contribution is 2.56. The Labute approximate surface area is 166 Å². The Balaban J connectivity index is 1.88. The van der Waals surface area contributed by atoms with Crippen molar-refractivity contribution < 1.29 is 19.1 Å². The minimum absolute atomic E-state index is 0.00828. The molecule has 0 amide bonds. The summed E-state index contributed by atoms with van der Waals surface area (Å²) in [5, 5.41) is 0. The molecule has 0 aromatic heterocycles. The molecule has 0 radical (unpaired) electrons. The Morgan fingerprint density at radius 2 is 1.96 bits per heavy atom. The first kappa shape index (κ1) is 20.0. The third-order valence-electron chi connectivity index (χ3n) is 6.45. The zero-order valence-corrected chi connectivity index (χ0v) is 16.3. The lowest BCUT2D eigenvalue weighted by atomic mass is 9.51. The molecule has 2 aliphatic rings. The summed E-state index contributed by atoms with van der Waals surface area (Å²) >= 11 is 0. The molecule has 4 heteroatoms. The van der Waals surface area contributed by atoms with Gasteiger partial charge < -0.3 is 9.53 Å². The van der Waals surface area contributed by atoms with Crippen molar-refractivity contribution in [1.29, 1.82) is 0 Å². The normalized spacial score (nSPS) is 32.4. The molecule has 1 aromatic rings. The zero-order valence-electron chi connectivity index (χ0n) is 16.3. The lowest BCUT2D eigenvalue weighted by molar-refractivity contribution is -0.161. The van der Waals surface area contributed by atoms with Gasteiger partial charge in [-0.2, -0.15) is 0 Å². The Morgan fingerprint density at radius 1 is 1.25 bits per heavy atom. The lowest BCUT2D eigenvalue weighted by Gasteiger charge is -2.54. The Kier molecular flexibility index (Phi) is 5.78. The maximum atomic E-state index is 12.5. The first-order chi connectivity index (χ1) is 13.4. The van der Waals surface area contributed by atoms with Crippen LogP contribution in [0.2, 0.25) is 0 Å². The fourth-order valence-corrected chi connectivity index (χ4v) is 4.69. The predicted octanol–water partition coefficient (Wildman–Crippen LogP) is 4.17. The summed E-state index contributed by atoms with van der Waals surface area (Å²) in [4.78, 5) is 36.0. The molecular weight excluding hydrogens is 352 g/mol. The van der Waals surface area contributed by atoms with E-state index in [9.17, 15) is 14.4 Å². The van der Waals surface area contributed by atoms with E-state index in [1.807, 2.05) is 43.3 Å². The third-order valence-corrected chi connectivity index (χ3v) is 6.45. The fraction of sp³-hybridized carbons (Fsp3) is 0.375. The molecule has 0 unspecified atom stereocenters. The molecule has 146 valence electrons.